The van der Waals surface area contributed by atoms with Gasteiger partial charge in [0.15, 0.2) is 0 Å². The van der Waals surface area contributed by atoms with Crippen molar-refractivity contribution in [2.24, 2.45) is 11.8 Å². The maximum absolute atomic E-state index is 14.0. The summed E-state index contributed by atoms with van der Waals surface area (Å²) in [5, 5.41) is 19.5. The van der Waals surface area contributed by atoms with Crippen LogP contribution in [0.25, 0.3) is 33.2 Å². The van der Waals surface area contributed by atoms with Crippen molar-refractivity contribution in [3.63, 3.8) is 0 Å². The minimum atomic E-state index is -0.661. The van der Waals surface area contributed by atoms with Gasteiger partial charge in [0, 0.05) is 75.0 Å². The minimum absolute atomic E-state index is 0.104. The Hall–Kier alpha value is -7.52. The van der Waals surface area contributed by atoms with Crippen LogP contribution in [0.1, 0.15) is 124 Å². The van der Waals surface area contributed by atoms with E-state index in [0.717, 1.165) is 70.0 Å². The second-order valence-electron chi connectivity index (χ2n) is 22.1. The van der Waals surface area contributed by atoms with Gasteiger partial charge in [-0.15, -0.1) is 0 Å². The van der Waals surface area contributed by atoms with Gasteiger partial charge in [0.05, 0.1) is 83.3 Å². The number of rotatable bonds is 27. The number of hydrogen-bond acceptors (Lipinski definition) is 12. The molecule has 2 aliphatic rings. The fourth-order valence-corrected chi connectivity index (χ4v) is 10.9. The molecule has 20 nitrogen and oxygen atoms in total. The molecule has 0 radical (unpaired) electrons. The molecule has 2 aliphatic heterocycles. The van der Waals surface area contributed by atoms with E-state index in [1.807, 2.05) is 120 Å². The second-order valence-corrected chi connectivity index (χ2v) is 22.1. The Morgan fingerprint density at radius 1 is 0.561 bits per heavy atom. The molecule has 6 aromatic rings. The summed E-state index contributed by atoms with van der Waals surface area (Å²) in [4.78, 5) is 94.0. The topological polar surface area (TPSA) is 235 Å². The third-order valence-electron chi connectivity index (χ3n) is 15.8. The van der Waals surface area contributed by atoms with Crippen molar-refractivity contribution in [2.75, 3.05) is 66.7 Å². The van der Waals surface area contributed by atoms with Crippen molar-refractivity contribution in [1.82, 2.24) is 60.8 Å². The van der Waals surface area contributed by atoms with E-state index >= 15 is 0 Å². The number of pyridine rings is 2. The van der Waals surface area contributed by atoms with Crippen molar-refractivity contribution < 1.29 is 38.2 Å². The highest BCUT2D eigenvalue weighted by Crippen LogP contribution is 2.36. The molecule has 2 saturated heterocycles. The van der Waals surface area contributed by atoms with Gasteiger partial charge in [-0.3, -0.25) is 38.7 Å². The number of fused-ring (bicyclic) bond motifs is 2. The lowest BCUT2D eigenvalue weighted by atomic mass is 10.00. The summed E-state index contributed by atoms with van der Waals surface area (Å²) in [5.41, 5.74) is 6.08. The Balaban J connectivity index is 0.770. The van der Waals surface area contributed by atoms with Crippen LogP contribution < -0.4 is 31.9 Å². The molecule has 0 spiro atoms. The maximum Gasteiger partial charge on any atom is 0.253 e. The van der Waals surface area contributed by atoms with Crippen molar-refractivity contribution >= 4 is 57.2 Å². The molecule has 6 amide bonds. The summed E-state index contributed by atoms with van der Waals surface area (Å²) in [7, 11) is 3.43. The van der Waals surface area contributed by atoms with E-state index < -0.39 is 24.2 Å². The Labute approximate surface area is 480 Å². The normalized spacial score (nSPS) is 16.9. The molecule has 4 aromatic heterocycles. The fourth-order valence-electron chi connectivity index (χ4n) is 10.9. The monoisotopic (exact) mass is 1120 g/mol. The summed E-state index contributed by atoms with van der Waals surface area (Å²) in [6.07, 6.45) is 15.2. The van der Waals surface area contributed by atoms with Gasteiger partial charge >= 0.3 is 0 Å². The van der Waals surface area contributed by atoms with Gasteiger partial charge in [0.2, 0.25) is 23.6 Å². The average molecular weight is 1120 g/mol. The summed E-state index contributed by atoms with van der Waals surface area (Å²) < 4.78 is 15.6. The molecule has 0 bridgehead atoms. The van der Waals surface area contributed by atoms with Crippen LogP contribution in [0.2, 0.25) is 0 Å². The highest BCUT2D eigenvalue weighted by atomic mass is 16.5. The summed E-state index contributed by atoms with van der Waals surface area (Å²) in [6.45, 7) is 14.9. The number of likely N-dealkylation sites (N-methyl/N-ethyl adjacent to an activating group) is 2. The van der Waals surface area contributed by atoms with E-state index in [0.29, 0.717) is 76.6 Å². The van der Waals surface area contributed by atoms with E-state index in [1.165, 1.54) is 0 Å². The van der Waals surface area contributed by atoms with E-state index in [-0.39, 0.29) is 59.4 Å². The Morgan fingerprint density at radius 3 is 1.35 bits per heavy atom. The SMILES string of the molecule is CN[C@@H](C)C(=O)N[C@H](C(=O)N1CCC[C@H]1c1cncc(-n2cc(C(=O)NCCCOCCOCCCNC(=O)c3cn(-c4cncc([C@@H]5CCCN5C(=O)[C@@H](NC(=O)[C@H](C)NC)C(C)C)c4)c4ccccc34)c3ccccc32)c1)C(C)C. The summed E-state index contributed by atoms with van der Waals surface area (Å²) >= 11 is 0. The molecule has 0 aliphatic carbocycles. The van der Waals surface area contributed by atoms with Crippen molar-refractivity contribution in [1.29, 1.82) is 0 Å². The van der Waals surface area contributed by atoms with Crippen LogP contribution in [0, 0.1) is 11.8 Å². The third-order valence-corrected chi connectivity index (χ3v) is 15.8. The van der Waals surface area contributed by atoms with E-state index in [4.69, 9.17) is 9.47 Å². The Morgan fingerprint density at radius 2 is 0.963 bits per heavy atom. The number of para-hydroxylation sites is 2. The number of carbonyl (C=O) groups is 6. The number of ether oxygens (including phenoxy) is 2. The van der Waals surface area contributed by atoms with Crippen LogP contribution in [0.4, 0.5) is 0 Å². The van der Waals surface area contributed by atoms with Gasteiger partial charge in [-0.05, 0) is 114 Å². The largest absolute Gasteiger partial charge is 0.379 e. The van der Waals surface area contributed by atoms with Gasteiger partial charge in [-0.25, -0.2) is 0 Å². The molecule has 6 heterocycles. The van der Waals surface area contributed by atoms with Gasteiger partial charge in [-0.2, -0.15) is 0 Å². The number of nitrogens with one attached hydrogen (secondary N) is 6. The Kier molecular flexibility index (Phi) is 21.0. The highest BCUT2D eigenvalue weighted by Gasteiger charge is 2.38. The molecule has 6 N–H and O–H groups in total. The molecule has 0 saturated carbocycles. The van der Waals surface area contributed by atoms with Gasteiger partial charge in [-0.1, -0.05) is 64.1 Å². The number of hydrogen-bond donors (Lipinski definition) is 6. The Bertz CT molecular complexity index is 2980. The van der Waals surface area contributed by atoms with Gasteiger partial charge < -0.3 is 60.3 Å². The van der Waals surface area contributed by atoms with E-state index in [9.17, 15) is 28.8 Å². The number of aromatic nitrogens is 4. The van der Waals surface area contributed by atoms with Crippen LogP contribution in [-0.4, -0.2) is 155 Å². The van der Waals surface area contributed by atoms with Crippen LogP contribution in [-0.2, 0) is 28.7 Å². The first kappa shape index (κ1) is 60.6. The van der Waals surface area contributed by atoms with Gasteiger partial charge in [0.1, 0.15) is 12.1 Å². The number of nitrogens with zero attached hydrogens (tertiary/aromatic N) is 6. The third kappa shape index (κ3) is 14.2. The first-order valence-electron chi connectivity index (χ1n) is 29.0. The molecule has 2 aromatic carbocycles. The zero-order chi connectivity index (χ0) is 58.5. The zero-order valence-electron chi connectivity index (χ0n) is 48.7. The van der Waals surface area contributed by atoms with Crippen molar-refractivity contribution in [3.8, 4) is 11.4 Å². The highest BCUT2D eigenvalue weighted by molar-refractivity contribution is 6.08. The average Bonchev–Trinajstić information content (AvgIpc) is 4.00. The molecule has 8 rings (SSSR count). The molecule has 438 valence electrons. The first-order valence-corrected chi connectivity index (χ1v) is 29.0. The minimum Gasteiger partial charge on any atom is -0.379 e. The summed E-state index contributed by atoms with van der Waals surface area (Å²) in [6, 6.07) is 17.0. The molecule has 0 unspecified atom stereocenters. The first-order chi connectivity index (χ1) is 39.6. The van der Waals surface area contributed by atoms with Crippen LogP contribution in [0.3, 0.4) is 0 Å². The molecule has 6 atom stereocenters. The molecular weight excluding hydrogens is 1040 g/mol. The quantitative estimate of drug-likeness (QED) is 0.0318. The van der Waals surface area contributed by atoms with E-state index in [2.05, 4.69) is 41.9 Å². The number of likely N-dealkylation sites (tertiary alicyclic amines) is 2. The molecule has 2 fully saturated rings. The van der Waals surface area contributed by atoms with E-state index in [1.54, 1.807) is 52.7 Å². The predicted octanol–water partition coefficient (Wildman–Crippen LogP) is 6.16. The molecular formula is C62H82N12O8. The smallest absolute Gasteiger partial charge is 0.253 e. The van der Waals surface area contributed by atoms with Crippen LogP contribution >= 0.6 is 0 Å². The lowest BCUT2D eigenvalue weighted by molar-refractivity contribution is -0.139. The zero-order valence-corrected chi connectivity index (χ0v) is 48.7. The summed E-state index contributed by atoms with van der Waals surface area (Å²) in [5.74, 6) is -1.27. The second kappa shape index (κ2) is 28.5. The number of benzene rings is 2. The lowest BCUT2D eigenvalue weighted by Crippen LogP contribution is -2.54. The predicted molar refractivity (Wildman–Crippen MR) is 316 cm³/mol. The molecule has 20 heteroatoms. The maximum atomic E-state index is 14.0. The fraction of sp³-hybridized carbons (Fsp3) is 0.484. The van der Waals surface area contributed by atoms with Crippen LogP contribution in [0.5, 0.6) is 0 Å². The molecule has 82 heavy (non-hydrogen) atoms. The van der Waals surface area contributed by atoms with Crippen molar-refractivity contribution in [3.05, 3.63) is 120 Å². The van der Waals surface area contributed by atoms with Crippen LogP contribution in [0.15, 0.2) is 97.8 Å². The number of carbonyl (C=O) groups excluding carboxylic acids is 6. The standard InChI is InChI=1S/C62H82N12O8/c1-39(2)55(69-57(75)41(5)63-7)61(79)71-25-13-21-51(71)43-31-45(35-65-33-43)73-37-49(47-17-9-11-19-53(47)73)59(77)67-23-15-27-81-29-30-82-28-16-24-68-60(78)50-38-74(54-20-12-10-18-48(50)54)46-32-44(34-66-36-46)52-22-14-26-72(52)62(80)56(40(3)4)70-58(76)42(6)64-8/h9-12,17-20,31-42,51-52,55-56,63-64H,13-16,21-30H2,1-8H3,(H,67,77)(H,68,78)(H,69,75)(H,70,76)/t41-,42-,51-,52-,55-,56-/m0/s1. The number of amides is 6. The lowest BCUT2D eigenvalue weighted by Gasteiger charge is -2.32. The van der Waals surface area contributed by atoms with Crippen molar-refractivity contribution in [2.45, 2.75) is 116 Å². The van der Waals surface area contributed by atoms with Gasteiger partial charge in [0.25, 0.3) is 11.8 Å².